The van der Waals surface area contributed by atoms with Crippen LogP contribution in [-0.4, -0.2) is 16.2 Å². The topological polar surface area (TPSA) is 70.7 Å². The Morgan fingerprint density at radius 1 is 1.37 bits per heavy atom. The van der Waals surface area contributed by atoms with Crippen molar-refractivity contribution in [3.05, 3.63) is 59.3 Å². The van der Waals surface area contributed by atoms with E-state index in [0.29, 0.717) is 5.56 Å². The zero-order valence-corrected chi connectivity index (χ0v) is 10.3. The minimum Gasteiger partial charge on any atom is -0.475 e. The predicted octanol–water partition coefficient (Wildman–Crippen LogP) is 2.57. The summed E-state index contributed by atoms with van der Waals surface area (Å²) >= 11 is 0. The molecule has 4 nitrogen and oxygen atoms in total. The molecule has 5 heteroatoms. The largest absolute Gasteiger partial charge is 0.475 e. The number of hydrogen-bond acceptors (Lipinski definition) is 3. The van der Waals surface area contributed by atoms with E-state index < -0.39 is 11.6 Å². The van der Waals surface area contributed by atoms with Crippen LogP contribution in [0.15, 0.2) is 40.8 Å². The molecule has 0 saturated heterocycles. The van der Waals surface area contributed by atoms with Crippen LogP contribution in [-0.2, 0) is 12.0 Å². The van der Waals surface area contributed by atoms with Crippen LogP contribution in [0.3, 0.4) is 0 Å². The summed E-state index contributed by atoms with van der Waals surface area (Å²) in [6.07, 6.45) is 0.122. The summed E-state index contributed by atoms with van der Waals surface area (Å²) in [4.78, 5) is 10.7. The molecule has 1 atom stereocenters. The summed E-state index contributed by atoms with van der Waals surface area (Å²) in [5, 5.41) is 19.1. The Balaban J connectivity index is 2.23. The molecular weight excluding hydrogens is 251 g/mol. The quantitative estimate of drug-likeness (QED) is 0.890. The van der Waals surface area contributed by atoms with Gasteiger partial charge in [-0.2, -0.15) is 0 Å². The van der Waals surface area contributed by atoms with E-state index in [1.165, 1.54) is 31.2 Å². The summed E-state index contributed by atoms with van der Waals surface area (Å²) in [6.45, 7) is 1.49. The molecule has 1 unspecified atom stereocenters. The molecule has 0 radical (unpaired) electrons. The zero-order valence-electron chi connectivity index (χ0n) is 10.3. The van der Waals surface area contributed by atoms with Crippen molar-refractivity contribution in [3.63, 3.8) is 0 Å². The molecule has 2 N–H and O–H groups in total. The Hall–Kier alpha value is -2.14. The van der Waals surface area contributed by atoms with Gasteiger partial charge in [-0.25, -0.2) is 9.18 Å². The molecule has 0 aliphatic heterocycles. The van der Waals surface area contributed by atoms with Gasteiger partial charge in [0.2, 0.25) is 5.76 Å². The van der Waals surface area contributed by atoms with Crippen molar-refractivity contribution >= 4 is 5.97 Å². The first-order valence-corrected chi connectivity index (χ1v) is 5.69. The second-order valence-corrected chi connectivity index (χ2v) is 4.55. The highest BCUT2D eigenvalue weighted by atomic mass is 19.1. The van der Waals surface area contributed by atoms with Crippen molar-refractivity contribution in [3.8, 4) is 0 Å². The van der Waals surface area contributed by atoms with Gasteiger partial charge in [0.15, 0.2) is 0 Å². The fourth-order valence-electron chi connectivity index (χ4n) is 1.87. The average Bonchev–Trinajstić information content (AvgIpc) is 2.78. The smallest absolute Gasteiger partial charge is 0.371 e. The zero-order chi connectivity index (χ0) is 14.0. The first-order valence-electron chi connectivity index (χ1n) is 5.69. The number of aliphatic hydroxyl groups is 1. The van der Waals surface area contributed by atoms with Crippen LogP contribution in [0.25, 0.3) is 0 Å². The summed E-state index contributed by atoms with van der Waals surface area (Å²) in [6, 6.07) is 8.54. The van der Waals surface area contributed by atoms with E-state index in [1.807, 2.05) is 0 Å². The Morgan fingerprint density at radius 2 is 2.11 bits per heavy atom. The molecule has 0 aliphatic rings. The van der Waals surface area contributed by atoms with Crippen LogP contribution in [0.2, 0.25) is 0 Å². The molecule has 0 bridgehead atoms. The third kappa shape index (κ3) is 3.00. The van der Waals surface area contributed by atoms with E-state index in [9.17, 15) is 14.3 Å². The second-order valence-electron chi connectivity index (χ2n) is 4.55. The van der Waals surface area contributed by atoms with Crippen LogP contribution < -0.4 is 0 Å². The molecular formula is C14H13FO4. The highest BCUT2D eigenvalue weighted by Crippen LogP contribution is 2.27. The van der Waals surface area contributed by atoms with Gasteiger partial charge in [-0.3, -0.25) is 0 Å². The van der Waals surface area contributed by atoms with Crippen LogP contribution in [0, 0.1) is 5.82 Å². The van der Waals surface area contributed by atoms with Crippen molar-refractivity contribution in [2.24, 2.45) is 0 Å². The summed E-state index contributed by atoms with van der Waals surface area (Å²) in [5.41, 5.74) is -0.806. The van der Waals surface area contributed by atoms with E-state index >= 15 is 0 Å². The second kappa shape index (κ2) is 4.85. The molecule has 2 rings (SSSR count). The third-order valence-electron chi connectivity index (χ3n) is 2.78. The third-order valence-corrected chi connectivity index (χ3v) is 2.78. The van der Waals surface area contributed by atoms with Gasteiger partial charge in [-0.1, -0.05) is 12.1 Å². The lowest BCUT2D eigenvalue weighted by molar-refractivity contribution is 0.0317. The van der Waals surface area contributed by atoms with Gasteiger partial charge in [0.05, 0.1) is 0 Å². The highest BCUT2D eigenvalue weighted by molar-refractivity contribution is 5.84. The molecule has 0 spiro atoms. The van der Waals surface area contributed by atoms with Crippen LogP contribution in [0.4, 0.5) is 4.39 Å². The van der Waals surface area contributed by atoms with E-state index in [4.69, 9.17) is 9.52 Å². The van der Waals surface area contributed by atoms with Gasteiger partial charge in [0.1, 0.15) is 17.2 Å². The van der Waals surface area contributed by atoms with Crippen molar-refractivity contribution in [2.75, 3.05) is 0 Å². The molecule has 0 amide bonds. The van der Waals surface area contributed by atoms with Crippen LogP contribution in [0.5, 0.6) is 0 Å². The lowest BCUT2D eigenvalue weighted by Crippen LogP contribution is -2.23. The van der Waals surface area contributed by atoms with Crippen molar-refractivity contribution < 1.29 is 23.8 Å². The van der Waals surface area contributed by atoms with Gasteiger partial charge in [0.25, 0.3) is 0 Å². The maximum absolute atomic E-state index is 13.1. The maximum Gasteiger partial charge on any atom is 0.371 e. The van der Waals surface area contributed by atoms with Gasteiger partial charge in [0, 0.05) is 6.42 Å². The standard InChI is InChI=1S/C14H13FO4/c1-14(18,8-9-3-2-4-10(15)7-9)12-6-5-11(19-12)13(16)17/h2-7,18H,8H2,1H3,(H,16,17). The van der Waals surface area contributed by atoms with E-state index in [1.54, 1.807) is 12.1 Å². The number of hydrogen-bond donors (Lipinski definition) is 2. The van der Waals surface area contributed by atoms with Crippen molar-refractivity contribution in [2.45, 2.75) is 18.9 Å². The first-order chi connectivity index (χ1) is 8.88. The Labute approximate surface area is 109 Å². The molecule has 19 heavy (non-hydrogen) atoms. The number of carboxylic acids is 1. The number of halogens is 1. The summed E-state index contributed by atoms with van der Waals surface area (Å²) in [5.74, 6) is -1.70. The minimum atomic E-state index is -1.40. The first kappa shape index (κ1) is 13.3. The average molecular weight is 264 g/mol. The monoisotopic (exact) mass is 264 g/mol. The lowest BCUT2D eigenvalue weighted by atomic mass is 9.94. The van der Waals surface area contributed by atoms with Gasteiger partial charge < -0.3 is 14.6 Å². The van der Waals surface area contributed by atoms with Crippen LogP contribution >= 0.6 is 0 Å². The SMILES string of the molecule is CC(O)(Cc1cccc(F)c1)c1ccc(C(=O)O)o1. The number of aromatic carboxylic acids is 1. The van der Waals surface area contributed by atoms with E-state index in [0.717, 1.165) is 0 Å². The molecule has 0 aliphatic carbocycles. The summed E-state index contributed by atoms with van der Waals surface area (Å²) < 4.78 is 18.1. The normalized spacial score (nSPS) is 14.1. The number of carbonyl (C=O) groups is 1. The molecule has 0 saturated carbocycles. The van der Waals surface area contributed by atoms with Crippen LogP contribution in [0.1, 0.15) is 28.8 Å². The number of carboxylic acid groups (broad SMARTS) is 1. The number of furan rings is 1. The predicted molar refractivity (Wildman–Crippen MR) is 65.3 cm³/mol. The van der Waals surface area contributed by atoms with Gasteiger partial charge >= 0.3 is 5.97 Å². The maximum atomic E-state index is 13.1. The van der Waals surface area contributed by atoms with Gasteiger partial charge in [-0.15, -0.1) is 0 Å². The van der Waals surface area contributed by atoms with Crippen molar-refractivity contribution in [1.82, 2.24) is 0 Å². The van der Waals surface area contributed by atoms with E-state index in [2.05, 4.69) is 0 Å². The molecule has 1 aromatic heterocycles. The Kier molecular flexibility index (Phi) is 3.40. The Morgan fingerprint density at radius 3 is 2.68 bits per heavy atom. The number of rotatable bonds is 4. The molecule has 0 fully saturated rings. The molecule has 1 aromatic carbocycles. The lowest BCUT2D eigenvalue weighted by Gasteiger charge is -2.20. The van der Waals surface area contributed by atoms with Crippen molar-refractivity contribution in [1.29, 1.82) is 0 Å². The fraction of sp³-hybridized carbons (Fsp3) is 0.214. The molecule has 100 valence electrons. The summed E-state index contributed by atoms with van der Waals surface area (Å²) in [7, 11) is 0. The number of benzene rings is 1. The van der Waals surface area contributed by atoms with E-state index in [-0.39, 0.29) is 23.8 Å². The molecule has 1 heterocycles. The minimum absolute atomic E-state index is 0.122. The highest BCUT2D eigenvalue weighted by Gasteiger charge is 2.28. The molecule has 2 aromatic rings. The van der Waals surface area contributed by atoms with Gasteiger partial charge in [-0.05, 0) is 36.8 Å². The Bertz CT molecular complexity index is 601. The fourth-order valence-corrected chi connectivity index (χ4v) is 1.87.